The van der Waals surface area contributed by atoms with E-state index in [2.05, 4.69) is 126 Å². The predicted molar refractivity (Wildman–Crippen MR) is 242 cm³/mol. The highest BCUT2D eigenvalue weighted by Crippen LogP contribution is 2.47. The number of benzene rings is 8. The highest BCUT2D eigenvalue weighted by Gasteiger charge is 2.20. The minimum atomic E-state index is 0.661. The standard InChI is InChI=1S/C51H30N4S2/c1-3-14-31(15-4-1)49-52-50(32-16-5-2-6-17-32)54-51(53-49)33-28-29-44-40(30-33)38-22-11-20-36(47(38)56-44)37-21-12-23-39-46-43(26-13-27-45(46)57-48(37)39)55-41-24-9-7-18-34(41)35-19-8-10-25-42(35)55/h1-30H. The van der Waals surface area contributed by atoms with Crippen LogP contribution in [0.1, 0.15) is 0 Å². The molecule has 0 bridgehead atoms. The van der Waals surface area contributed by atoms with Crippen LogP contribution in [0.15, 0.2) is 182 Å². The smallest absolute Gasteiger partial charge is 0.164 e. The molecule has 0 aliphatic carbocycles. The number of hydrogen-bond donors (Lipinski definition) is 0. The third kappa shape index (κ3) is 5.08. The van der Waals surface area contributed by atoms with E-state index in [-0.39, 0.29) is 0 Å². The molecule has 4 nitrogen and oxygen atoms in total. The quantitative estimate of drug-likeness (QED) is 0.175. The van der Waals surface area contributed by atoms with Crippen molar-refractivity contribution in [3.8, 4) is 51.0 Å². The summed E-state index contributed by atoms with van der Waals surface area (Å²) in [4.78, 5) is 15.0. The molecule has 8 aromatic carbocycles. The molecule has 6 heteroatoms. The van der Waals surface area contributed by atoms with Gasteiger partial charge < -0.3 is 4.57 Å². The zero-order chi connectivity index (χ0) is 37.5. The average molecular weight is 763 g/mol. The van der Waals surface area contributed by atoms with Crippen molar-refractivity contribution < 1.29 is 0 Å². The fraction of sp³-hybridized carbons (Fsp3) is 0. The van der Waals surface area contributed by atoms with Gasteiger partial charge in [0.25, 0.3) is 0 Å². The van der Waals surface area contributed by atoms with Crippen molar-refractivity contribution in [2.24, 2.45) is 0 Å². The lowest BCUT2D eigenvalue weighted by atomic mass is 9.99. The average Bonchev–Trinajstić information content (AvgIpc) is 3.96. The summed E-state index contributed by atoms with van der Waals surface area (Å²) >= 11 is 3.74. The third-order valence-electron chi connectivity index (χ3n) is 11.1. The maximum Gasteiger partial charge on any atom is 0.164 e. The summed E-state index contributed by atoms with van der Waals surface area (Å²) in [5.41, 5.74) is 9.06. The lowest BCUT2D eigenvalue weighted by Crippen LogP contribution is -2.00. The third-order valence-corrected chi connectivity index (χ3v) is 13.5. The first kappa shape index (κ1) is 32.3. The van der Waals surface area contributed by atoms with Gasteiger partial charge in [0.2, 0.25) is 0 Å². The van der Waals surface area contributed by atoms with Crippen LogP contribution < -0.4 is 0 Å². The molecular formula is C51H30N4S2. The second-order valence-electron chi connectivity index (χ2n) is 14.3. The highest BCUT2D eigenvalue weighted by atomic mass is 32.1. The summed E-state index contributed by atoms with van der Waals surface area (Å²) in [7, 11) is 0. The van der Waals surface area contributed by atoms with E-state index in [1.165, 1.54) is 79.0 Å². The number of para-hydroxylation sites is 2. The molecule has 57 heavy (non-hydrogen) atoms. The van der Waals surface area contributed by atoms with Crippen molar-refractivity contribution in [2.45, 2.75) is 0 Å². The Morgan fingerprint density at radius 3 is 1.51 bits per heavy atom. The number of nitrogens with zero attached hydrogens (tertiary/aromatic N) is 4. The Morgan fingerprint density at radius 1 is 0.351 bits per heavy atom. The molecule has 266 valence electrons. The first-order valence-electron chi connectivity index (χ1n) is 19.0. The van der Waals surface area contributed by atoms with Crippen LogP contribution in [0.2, 0.25) is 0 Å². The van der Waals surface area contributed by atoms with Crippen molar-refractivity contribution in [1.82, 2.24) is 19.5 Å². The molecule has 0 aliphatic heterocycles. The highest BCUT2D eigenvalue weighted by molar-refractivity contribution is 7.27. The van der Waals surface area contributed by atoms with Gasteiger partial charge in [-0.15, -0.1) is 22.7 Å². The van der Waals surface area contributed by atoms with Gasteiger partial charge in [-0.25, -0.2) is 15.0 Å². The molecule has 0 atom stereocenters. The molecule has 0 saturated heterocycles. The van der Waals surface area contributed by atoms with E-state index in [9.17, 15) is 0 Å². The zero-order valence-electron chi connectivity index (χ0n) is 30.4. The molecule has 0 N–H and O–H groups in total. The van der Waals surface area contributed by atoms with Gasteiger partial charge in [-0.1, -0.05) is 140 Å². The minimum Gasteiger partial charge on any atom is -0.309 e. The second kappa shape index (κ2) is 12.8. The Morgan fingerprint density at radius 2 is 0.860 bits per heavy atom. The number of aromatic nitrogens is 4. The van der Waals surface area contributed by atoms with E-state index in [1.807, 2.05) is 83.3 Å². The van der Waals surface area contributed by atoms with Gasteiger partial charge in [-0.2, -0.15) is 0 Å². The Balaban J connectivity index is 1.03. The Hall–Kier alpha value is -6.99. The Kier molecular flexibility index (Phi) is 7.24. The fourth-order valence-electron chi connectivity index (χ4n) is 8.50. The molecule has 0 saturated carbocycles. The topological polar surface area (TPSA) is 43.6 Å². The van der Waals surface area contributed by atoms with Gasteiger partial charge in [-0.3, -0.25) is 0 Å². The number of thiophene rings is 2. The van der Waals surface area contributed by atoms with E-state index < -0.39 is 0 Å². The minimum absolute atomic E-state index is 0.661. The van der Waals surface area contributed by atoms with Crippen molar-refractivity contribution in [3.63, 3.8) is 0 Å². The van der Waals surface area contributed by atoms with Crippen LogP contribution in [0.3, 0.4) is 0 Å². The van der Waals surface area contributed by atoms with Crippen LogP contribution in [0.25, 0.3) is 113 Å². The lowest BCUT2D eigenvalue weighted by Gasteiger charge is -2.10. The van der Waals surface area contributed by atoms with Crippen LogP contribution >= 0.6 is 22.7 Å². The van der Waals surface area contributed by atoms with E-state index in [4.69, 9.17) is 15.0 Å². The molecule has 12 rings (SSSR count). The SMILES string of the molecule is c1ccc(-c2nc(-c3ccccc3)nc(-c3ccc4sc5c(-c6cccc7c6sc6cccc(-n8c9ccccc9c9ccccc98)c67)cccc5c4c3)n2)cc1. The number of rotatable bonds is 5. The van der Waals surface area contributed by atoms with Gasteiger partial charge in [0.05, 0.1) is 16.7 Å². The fourth-order valence-corrected chi connectivity index (χ4v) is 11.0. The first-order chi connectivity index (χ1) is 28.3. The van der Waals surface area contributed by atoms with E-state index in [0.717, 1.165) is 16.7 Å². The van der Waals surface area contributed by atoms with Crippen molar-refractivity contribution in [1.29, 1.82) is 0 Å². The molecule has 0 fully saturated rings. The van der Waals surface area contributed by atoms with Gasteiger partial charge in [-0.05, 0) is 42.5 Å². The summed E-state index contributed by atoms with van der Waals surface area (Å²) in [6, 6.07) is 64.8. The molecule has 0 aliphatic rings. The van der Waals surface area contributed by atoms with Crippen LogP contribution in [-0.4, -0.2) is 19.5 Å². The van der Waals surface area contributed by atoms with E-state index in [1.54, 1.807) is 0 Å². The number of fused-ring (bicyclic) bond motifs is 9. The van der Waals surface area contributed by atoms with Gasteiger partial charge in [0.15, 0.2) is 17.5 Å². The van der Waals surface area contributed by atoms with Gasteiger partial charge in [0.1, 0.15) is 0 Å². The molecule has 0 spiro atoms. The molecule has 12 aromatic rings. The molecular weight excluding hydrogens is 733 g/mol. The summed E-state index contributed by atoms with van der Waals surface area (Å²) in [5.74, 6) is 1.98. The lowest BCUT2D eigenvalue weighted by molar-refractivity contribution is 1.07. The van der Waals surface area contributed by atoms with Crippen molar-refractivity contribution in [3.05, 3.63) is 182 Å². The summed E-state index contributed by atoms with van der Waals surface area (Å²) < 4.78 is 7.56. The van der Waals surface area contributed by atoms with Crippen LogP contribution in [0.4, 0.5) is 0 Å². The molecule has 4 aromatic heterocycles. The van der Waals surface area contributed by atoms with Crippen molar-refractivity contribution in [2.75, 3.05) is 0 Å². The summed E-state index contributed by atoms with van der Waals surface area (Å²) in [5, 5.41) is 7.56. The maximum atomic E-state index is 5.03. The predicted octanol–water partition coefficient (Wildman–Crippen LogP) is 14.4. The van der Waals surface area contributed by atoms with Gasteiger partial charge >= 0.3 is 0 Å². The Labute approximate surface area is 335 Å². The largest absolute Gasteiger partial charge is 0.309 e. The van der Waals surface area contributed by atoms with Crippen LogP contribution in [0, 0.1) is 0 Å². The monoisotopic (exact) mass is 762 g/mol. The normalized spacial score (nSPS) is 11.9. The van der Waals surface area contributed by atoms with Gasteiger partial charge in [0, 0.05) is 78.9 Å². The molecule has 4 heterocycles. The molecule has 0 radical (unpaired) electrons. The van der Waals surface area contributed by atoms with Crippen LogP contribution in [-0.2, 0) is 0 Å². The van der Waals surface area contributed by atoms with Crippen molar-refractivity contribution >= 4 is 84.8 Å². The van der Waals surface area contributed by atoms with E-state index in [0.29, 0.717) is 17.5 Å². The Bertz CT molecular complexity index is 3410. The summed E-state index contributed by atoms with van der Waals surface area (Å²) in [6.07, 6.45) is 0. The molecule has 0 amide bonds. The first-order valence-corrected chi connectivity index (χ1v) is 20.7. The number of hydrogen-bond acceptors (Lipinski definition) is 5. The maximum absolute atomic E-state index is 5.03. The summed E-state index contributed by atoms with van der Waals surface area (Å²) in [6.45, 7) is 0. The zero-order valence-corrected chi connectivity index (χ0v) is 32.1. The molecule has 0 unspecified atom stereocenters. The van der Waals surface area contributed by atoms with Crippen LogP contribution in [0.5, 0.6) is 0 Å². The van der Waals surface area contributed by atoms with E-state index >= 15 is 0 Å². The second-order valence-corrected chi connectivity index (χ2v) is 16.4.